The molecule has 5 rings (SSSR count). The number of imidazole rings is 1. The summed E-state index contributed by atoms with van der Waals surface area (Å²) in [5.74, 6) is 0.731. The molecule has 0 radical (unpaired) electrons. The summed E-state index contributed by atoms with van der Waals surface area (Å²) >= 11 is 1.32. The van der Waals surface area contributed by atoms with Crippen LogP contribution in [0.15, 0.2) is 53.3 Å². The topological polar surface area (TPSA) is 97.2 Å². The molecule has 0 unspecified atom stereocenters. The van der Waals surface area contributed by atoms with Crippen LogP contribution in [0.1, 0.15) is 12.7 Å². The number of aryl methyl sites for hydroxylation is 1. The minimum atomic E-state index is -2.94. The maximum absolute atomic E-state index is 13.8. The zero-order valence-electron chi connectivity index (χ0n) is 18.9. The van der Waals surface area contributed by atoms with Crippen LogP contribution in [0.5, 0.6) is 10.9 Å². The van der Waals surface area contributed by atoms with Crippen molar-refractivity contribution in [2.24, 2.45) is 12.8 Å². The standard InChI is InChI=1S/C24H21F2N5O3S/c1-3-33-24-29-21-19(35-24)11-16(13-4-9-17-18(10-13)30(2)20(12-27)28-17)22(32)31(21)14-5-7-15(8-6-14)34-23(25)26/h4-11,23H,3,12,27H2,1-2H3. The van der Waals surface area contributed by atoms with Gasteiger partial charge in [0.1, 0.15) is 11.6 Å². The van der Waals surface area contributed by atoms with Gasteiger partial charge in [-0.15, -0.1) is 0 Å². The molecular formula is C24H21F2N5O3S. The van der Waals surface area contributed by atoms with Gasteiger partial charge < -0.3 is 19.8 Å². The fourth-order valence-corrected chi connectivity index (χ4v) is 4.87. The van der Waals surface area contributed by atoms with Crippen molar-refractivity contribution in [3.05, 3.63) is 64.7 Å². The average Bonchev–Trinajstić information content (AvgIpc) is 3.39. The van der Waals surface area contributed by atoms with Gasteiger partial charge in [-0.2, -0.15) is 13.8 Å². The minimum absolute atomic E-state index is 0.00477. The summed E-state index contributed by atoms with van der Waals surface area (Å²) in [6, 6.07) is 13.2. The van der Waals surface area contributed by atoms with Crippen molar-refractivity contribution in [1.82, 2.24) is 19.1 Å². The van der Waals surface area contributed by atoms with Crippen molar-refractivity contribution in [3.63, 3.8) is 0 Å². The van der Waals surface area contributed by atoms with Crippen LogP contribution in [0, 0.1) is 0 Å². The third kappa shape index (κ3) is 4.13. The number of nitrogens with zero attached hydrogens (tertiary/aromatic N) is 4. The first-order valence-corrected chi connectivity index (χ1v) is 11.6. The molecule has 5 aromatic rings. The highest BCUT2D eigenvalue weighted by atomic mass is 32.1. The highest BCUT2D eigenvalue weighted by Crippen LogP contribution is 2.32. The fraction of sp³-hybridized carbons (Fsp3) is 0.208. The number of thiazole rings is 1. The molecule has 0 spiro atoms. The Morgan fingerprint density at radius 1 is 1.11 bits per heavy atom. The molecule has 35 heavy (non-hydrogen) atoms. The monoisotopic (exact) mass is 497 g/mol. The lowest BCUT2D eigenvalue weighted by molar-refractivity contribution is -0.0498. The van der Waals surface area contributed by atoms with Crippen LogP contribution in [0.25, 0.3) is 38.2 Å². The first-order valence-electron chi connectivity index (χ1n) is 10.8. The van der Waals surface area contributed by atoms with E-state index in [4.69, 9.17) is 10.5 Å². The van der Waals surface area contributed by atoms with E-state index in [2.05, 4.69) is 14.7 Å². The molecule has 3 aromatic heterocycles. The Balaban J connectivity index is 1.72. The molecule has 2 aromatic carbocycles. The molecule has 11 heteroatoms. The van der Waals surface area contributed by atoms with Crippen molar-refractivity contribution in [3.8, 4) is 27.8 Å². The van der Waals surface area contributed by atoms with Gasteiger partial charge in [-0.3, -0.25) is 9.36 Å². The van der Waals surface area contributed by atoms with Crippen molar-refractivity contribution >= 4 is 32.7 Å². The molecule has 0 saturated heterocycles. The number of halogens is 2. The Morgan fingerprint density at radius 3 is 2.57 bits per heavy atom. The number of benzene rings is 2. The fourth-order valence-electron chi connectivity index (χ4n) is 3.97. The van der Waals surface area contributed by atoms with Crippen LogP contribution in [0.2, 0.25) is 0 Å². The van der Waals surface area contributed by atoms with E-state index in [0.29, 0.717) is 40.8 Å². The van der Waals surface area contributed by atoms with Crippen molar-refractivity contribution in [1.29, 1.82) is 0 Å². The summed E-state index contributed by atoms with van der Waals surface area (Å²) in [4.78, 5) is 22.8. The van der Waals surface area contributed by atoms with Crippen molar-refractivity contribution < 1.29 is 18.3 Å². The quantitative estimate of drug-likeness (QED) is 0.357. The normalized spacial score (nSPS) is 11.6. The molecule has 0 saturated carbocycles. The third-order valence-electron chi connectivity index (χ3n) is 5.59. The van der Waals surface area contributed by atoms with Gasteiger partial charge in [-0.25, -0.2) is 4.98 Å². The SMILES string of the molecule is CCOc1nc2c(cc(-c3ccc4nc(CN)n(C)c4c3)c(=O)n2-c2ccc(OC(F)F)cc2)s1. The van der Waals surface area contributed by atoms with Gasteiger partial charge in [0.05, 0.1) is 34.6 Å². The van der Waals surface area contributed by atoms with Crippen molar-refractivity contribution in [2.75, 3.05) is 6.61 Å². The number of rotatable bonds is 7. The van der Waals surface area contributed by atoms with Gasteiger partial charge in [-0.05, 0) is 55.0 Å². The molecule has 2 N–H and O–H groups in total. The first-order chi connectivity index (χ1) is 16.9. The Kier molecular flexibility index (Phi) is 5.95. The third-order valence-corrected chi connectivity index (χ3v) is 6.49. The van der Waals surface area contributed by atoms with Crippen LogP contribution < -0.4 is 20.8 Å². The van der Waals surface area contributed by atoms with E-state index in [1.807, 2.05) is 36.7 Å². The van der Waals surface area contributed by atoms with Crippen LogP contribution in [0.4, 0.5) is 8.78 Å². The highest BCUT2D eigenvalue weighted by molar-refractivity contribution is 7.20. The summed E-state index contributed by atoms with van der Waals surface area (Å²) in [5.41, 5.74) is 9.15. The molecule has 180 valence electrons. The maximum atomic E-state index is 13.8. The number of aromatic nitrogens is 4. The summed E-state index contributed by atoms with van der Waals surface area (Å²) in [5, 5.41) is 0.431. The summed E-state index contributed by atoms with van der Waals surface area (Å²) in [7, 11) is 1.88. The number of pyridine rings is 1. The van der Waals surface area contributed by atoms with Gasteiger partial charge in [0.25, 0.3) is 10.8 Å². The maximum Gasteiger partial charge on any atom is 0.387 e. The molecule has 0 aliphatic heterocycles. The molecule has 0 aliphatic rings. The molecular weight excluding hydrogens is 476 g/mol. The van der Waals surface area contributed by atoms with Crippen LogP contribution in [-0.2, 0) is 13.6 Å². The number of hydrogen-bond acceptors (Lipinski definition) is 7. The molecule has 0 atom stereocenters. The van der Waals surface area contributed by atoms with E-state index in [9.17, 15) is 13.6 Å². The lowest BCUT2D eigenvalue weighted by Gasteiger charge is -2.11. The number of hydrogen-bond donors (Lipinski definition) is 1. The van der Waals surface area contributed by atoms with Crippen molar-refractivity contribution in [2.45, 2.75) is 20.1 Å². The van der Waals surface area contributed by atoms with Gasteiger partial charge in [-0.1, -0.05) is 17.4 Å². The lowest BCUT2D eigenvalue weighted by atomic mass is 10.1. The first kappa shape index (κ1) is 22.9. The van der Waals surface area contributed by atoms with E-state index in [1.54, 1.807) is 18.2 Å². The van der Waals surface area contributed by atoms with E-state index in [1.165, 1.54) is 28.0 Å². The zero-order valence-corrected chi connectivity index (χ0v) is 19.7. The van der Waals surface area contributed by atoms with E-state index in [0.717, 1.165) is 21.6 Å². The second-order valence-electron chi connectivity index (χ2n) is 7.67. The largest absolute Gasteiger partial charge is 0.470 e. The smallest absolute Gasteiger partial charge is 0.387 e. The summed E-state index contributed by atoms with van der Waals surface area (Å²) < 4.78 is 39.3. The summed E-state index contributed by atoms with van der Waals surface area (Å²) in [6.07, 6.45) is 0. The predicted molar refractivity (Wildman–Crippen MR) is 131 cm³/mol. The Morgan fingerprint density at radius 2 is 1.89 bits per heavy atom. The van der Waals surface area contributed by atoms with Gasteiger partial charge in [0.2, 0.25) is 0 Å². The molecule has 0 fully saturated rings. The predicted octanol–water partition coefficient (Wildman–Crippen LogP) is 4.46. The number of nitrogens with two attached hydrogens (primary N) is 1. The highest BCUT2D eigenvalue weighted by Gasteiger charge is 2.18. The van der Waals surface area contributed by atoms with Gasteiger partial charge in [0, 0.05) is 12.6 Å². The lowest BCUT2D eigenvalue weighted by Crippen LogP contribution is -2.20. The molecule has 8 nitrogen and oxygen atoms in total. The molecule has 0 bridgehead atoms. The van der Waals surface area contributed by atoms with Gasteiger partial charge >= 0.3 is 6.61 Å². The Hall–Kier alpha value is -3.83. The number of ether oxygens (including phenoxy) is 2. The Bertz CT molecular complexity index is 1590. The second kappa shape index (κ2) is 9.08. The number of fused-ring (bicyclic) bond motifs is 2. The second-order valence-corrected chi connectivity index (χ2v) is 8.66. The van der Waals surface area contributed by atoms with Crippen LogP contribution in [-0.4, -0.2) is 32.3 Å². The minimum Gasteiger partial charge on any atom is -0.470 e. The van der Waals surface area contributed by atoms with E-state index >= 15 is 0 Å². The van der Waals surface area contributed by atoms with E-state index < -0.39 is 6.61 Å². The molecule has 0 amide bonds. The average molecular weight is 498 g/mol. The summed E-state index contributed by atoms with van der Waals surface area (Å²) in [6.45, 7) is -0.360. The number of alkyl halides is 2. The Labute approximate surface area is 202 Å². The molecule has 3 heterocycles. The van der Waals surface area contributed by atoms with E-state index in [-0.39, 0.29) is 11.3 Å². The van der Waals surface area contributed by atoms with Gasteiger partial charge in [0.15, 0.2) is 5.65 Å². The van der Waals surface area contributed by atoms with Crippen LogP contribution >= 0.6 is 11.3 Å². The molecule has 0 aliphatic carbocycles. The van der Waals surface area contributed by atoms with Crippen LogP contribution in [0.3, 0.4) is 0 Å². The zero-order chi connectivity index (χ0) is 24.7.